The Morgan fingerprint density at radius 2 is 1.90 bits per heavy atom. The Bertz CT molecular complexity index is 630. The Morgan fingerprint density at radius 3 is 2.76 bits per heavy atom. The largest absolute Gasteiger partial charge is 0.339 e. The molecule has 21 heavy (non-hydrogen) atoms. The van der Waals surface area contributed by atoms with Crippen molar-refractivity contribution in [2.24, 2.45) is 0 Å². The highest BCUT2D eigenvalue weighted by Gasteiger charge is 2.22. The molecule has 3 nitrogen and oxygen atoms in total. The van der Waals surface area contributed by atoms with Gasteiger partial charge in [0.25, 0.3) is 5.91 Å². The standard InChI is InChI=1S/C18H22N2O/c1-20(17-7-4-11-19-12-10-17)18(21)16-9-8-14-5-2-3-6-15(14)13-16/h2-3,5-6,8-9,13,17,19H,4,7,10-12H2,1H3. The van der Waals surface area contributed by atoms with Crippen LogP contribution in [0.25, 0.3) is 10.8 Å². The van der Waals surface area contributed by atoms with Crippen molar-refractivity contribution in [3.63, 3.8) is 0 Å². The number of carbonyl (C=O) groups excluding carboxylic acids is 1. The van der Waals surface area contributed by atoms with Crippen molar-refractivity contribution in [1.82, 2.24) is 10.2 Å². The fourth-order valence-electron chi connectivity index (χ4n) is 3.08. The van der Waals surface area contributed by atoms with E-state index in [0.717, 1.165) is 43.3 Å². The first kappa shape index (κ1) is 14.1. The van der Waals surface area contributed by atoms with Gasteiger partial charge in [-0.1, -0.05) is 30.3 Å². The van der Waals surface area contributed by atoms with Crippen LogP contribution in [-0.2, 0) is 0 Å². The lowest BCUT2D eigenvalue weighted by Gasteiger charge is -2.27. The van der Waals surface area contributed by atoms with Crippen LogP contribution in [0.15, 0.2) is 42.5 Å². The van der Waals surface area contributed by atoms with Gasteiger partial charge in [0.1, 0.15) is 0 Å². The number of hydrogen-bond acceptors (Lipinski definition) is 2. The molecule has 1 aliphatic rings. The number of amides is 1. The summed E-state index contributed by atoms with van der Waals surface area (Å²) in [5, 5.41) is 5.70. The molecule has 110 valence electrons. The summed E-state index contributed by atoms with van der Waals surface area (Å²) in [6, 6.07) is 14.5. The van der Waals surface area contributed by atoms with E-state index >= 15 is 0 Å². The Balaban J connectivity index is 1.81. The van der Waals surface area contributed by atoms with E-state index in [1.54, 1.807) is 0 Å². The lowest BCUT2D eigenvalue weighted by Crippen LogP contribution is -2.37. The molecular formula is C18H22N2O. The van der Waals surface area contributed by atoms with Crippen LogP contribution in [0.2, 0.25) is 0 Å². The summed E-state index contributed by atoms with van der Waals surface area (Å²) >= 11 is 0. The van der Waals surface area contributed by atoms with Gasteiger partial charge in [-0.25, -0.2) is 0 Å². The van der Waals surface area contributed by atoms with Gasteiger partial charge in [-0.2, -0.15) is 0 Å². The fraction of sp³-hybridized carbons (Fsp3) is 0.389. The van der Waals surface area contributed by atoms with E-state index in [2.05, 4.69) is 17.4 Å². The molecule has 0 radical (unpaired) electrons. The van der Waals surface area contributed by atoms with Crippen LogP contribution >= 0.6 is 0 Å². The second-order valence-corrected chi connectivity index (χ2v) is 5.81. The van der Waals surface area contributed by atoms with Gasteiger partial charge >= 0.3 is 0 Å². The van der Waals surface area contributed by atoms with Gasteiger partial charge in [-0.05, 0) is 55.3 Å². The molecule has 0 aliphatic carbocycles. The number of nitrogens with one attached hydrogen (secondary N) is 1. The highest BCUT2D eigenvalue weighted by atomic mass is 16.2. The normalized spacial score (nSPS) is 19.2. The summed E-state index contributed by atoms with van der Waals surface area (Å²) < 4.78 is 0. The fourth-order valence-corrected chi connectivity index (χ4v) is 3.08. The molecular weight excluding hydrogens is 260 g/mol. The molecule has 3 rings (SSSR count). The molecule has 2 aromatic carbocycles. The van der Waals surface area contributed by atoms with E-state index in [1.807, 2.05) is 42.3 Å². The molecule has 1 fully saturated rings. The molecule has 1 N–H and O–H groups in total. The Kier molecular flexibility index (Phi) is 4.20. The molecule has 1 heterocycles. The molecule has 0 saturated carbocycles. The van der Waals surface area contributed by atoms with Crippen LogP contribution in [0.1, 0.15) is 29.6 Å². The highest BCUT2D eigenvalue weighted by Crippen LogP contribution is 2.19. The van der Waals surface area contributed by atoms with Gasteiger partial charge in [-0.15, -0.1) is 0 Å². The van der Waals surface area contributed by atoms with Crippen LogP contribution in [0.5, 0.6) is 0 Å². The maximum absolute atomic E-state index is 12.7. The summed E-state index contributed by atoms with van der Waals surface area (Å²) in [7, 11) is 1.94. The third-order valence-electron chi connectivity index (χ3n) is 4.41. The van der Waals surface area contributed by atoms with Gasteiger partial charge in [0.05, 0.1) is 0 Å². The topological polar surface area (TPSA) is 32.3 Å². The molecule has 0 spiro atoms. The predicted molar refractivity (Wildman–Crippen MR) is 86.6 cm³/mol. The number of hydrogen-bond donors (Lipinski definition) is 1. The number of carbonyl (C=O) groups is 1. The minimum Gasteiger partial charge on any atom is -0.339 e. The second kappa shape index (κ2) is 6.27. The van der Waals surface area contributed by atoms with Gasteiger partial charge in [-0.3, -0.25) is 4.79 Å². The van der Waals surface area contributed by atoms with E-state index in [4.69, 9.17) is 0 Å². The minimum atomic E-state index is 0.132. The van der Waals surface area contributed by atoms with E-state index in [-0.39, 0.29) is 5.91 Å². The molecule has 0 aromatic heterocycles. The summed E-state index contributed by atoms with van der Waals surface area (Å²) in [6.07, 6.45) is 3.26. The van der Waals surface area contributed by atoms with E-state index in [0.29, 0.717) is 6.04 Å². The Hall–Kier alpha value is -1.87. The number of benzene rings is 2. The lowest BCUT2D eigenvalue weighted by atomic mass is 10.0. The molecule has 1 unspecified atom stereocenters. The number of fused-ring (bicyclic) bond motifs is 1. The number of nitrogens with zero attached hydrogens (tertiary/aromatic N) is 1. The Labute approximate surface area is 125 Å². The van der Waals surface area contributed by atoms with E-state index in [1.165, 1.54) is 5.39 Å². The Morgan fingerprint density at radius 1 is 1.10 bits per heavy atom. The SMILES string of the molecule is CN(C(=O)c1ccc2ccccc2c1)C1CCCNCC1. The van der Waals surface area contributed by atoms with Gasteiger partial charge in [0.15, 0.2) is 0 Å². The summed E-state index contributed by atoms with van der Waals surface area (Å²) in [5.74, 6) is 0.132. The van der Waals surface area contributed by atoms with E-state index in [9.17, 15) is 4.79 Å². The van der Waals surface area contributed by atoms with E-state index < -0.39 is 0 Å². The van der Waals surface area contributed by atoms with Crippen LogP contribution < -0.4 is 5.32 Å². The molecule has 1 amide bonds. The first-order chi connectivity index (χ1) is 10.3. The smallest absolute Gasteiger partial charge is 0.253 e. The predicted octanol–water partition coefficient (Wildman–Crippen LogP) is 3.05. The molecule has 0 bridgehead atoms. The molecule has 1 atom stereocenters. The van der Waals surface area contributed by atoms with Crippen molar-refractivity contribution in [1.29, 1.82) is 0 Å². The average Bonchev–Trinajstić information content (AvgIpc) is 2.82. The summed E-state index contributed by atoms with van der Waals surface area (Å²) in [5.41, 5.74) is 0.786. The molecule has 1 aliphatic heterocycles. The van der Waals surface area contributed by atoms with Crippen LogP contribution in [0.3, 0.4) is 0 Å². The van der Waals surface area contributed by atoms with Gasteiger partial charge < -0.3 is 10.2 Å². The third-order valence-corrected chi connectivity index (χ3v) is 4.41. The van der Waals surface area contributed by atoms with Crippen molar-refractivity contribution in [3.8, 4) is 0 Å². The van der Waals surface area contributed by atoms with Crippen LogP contribution in [-0.4, -0.2) is 37.0 Å². The van der Waals surface area contributed by atoms with Crippen molar-refractivity contribution in [2.75, 3.05) is 20.1 Å². The molecule has 3 heteroatoms. The van der Waals surface area contributed by atoms with Crippen molar-refractivity contribution < 1.29 is 4.79 Å². The lowest BCUT2D eigenvalue weighted by molar-refractivity contribution is 0.0720. The second-order valence-electron chi connectivity index (χ2n) is 5.81. The first-order valence-electron chi connectivity index (χ1n) is 7.72. The first-order valence-corrected chi connectivity index (χ1v) is 7.72. The quantitative estimate of drug-likeness (QED) is 0.918. The monoisotopic (exact) mass is 282 g/mol. The zero-order chi connectivity index (χ0) is 14.7. The summed E-state index contributed by atoms with van der Waals surface area (Å²) in [4.78, 5) is 14.6. The molecule has 2 aromatic rings. The molecule has 1 saturated heterocycles. The zero-order valence-corrected chi connectivity index (χ0v) is 12.5. The number of rotatable bonds is 2. The maximum Gasteiger partial charge on any atom is 0.253 e. The third kappa shape index (κ3) is 3.08. The zero-order valence-electron chi connectivity index (χ0n) is 12.5. The van der Waals surface area contributed by atoms with Crippen LogP contribution in [0.4, 0.5) is 0 Å². The van der Waals surface area contributed by atoms with Gasteiger partial charge in [0, 0.05) is 18.7 Å². The van der Waals surface area contributed by atoms with Crippen molar-refractivity contribution in [2.45, 2.75) is 25.3 Å². The summed E-state index contributed by atoms with van der Waals surface area (Å²) in [6.45, 7) is 2.06. The van der Waals surface area contributed by atoms with Gasteiger partial charge in [0.2, 0.25) is 0 Å². The van der Waals surface area contributed by atoms with Crippen LogP contribution in [0, 0.1) is 0 Å². The maximum atomic E-state index is 12.7. The minimum absolute atomic E-state index is 0.132. The van der Waals surface area contributed by atoms with Crippen molar-refractivity contribution >= 4 is 16.7 Å². The van der Waals surface area contributed by atoms with Crippen molar-refractivity contribution in [3.05, 3.63) is 48.0 Å². The average molecular weight is 282 g/mol. The highest BCUT2D eigenvalue weighted by molar-refractivity contribution is 5.98.